The molecule has 1 aliphatic rings. The van der Waals surface area contributed by atoms with E-state index in [2.05, 4.69) is 15.3 Å². The lowest BCUT2D eigenvalue weighted by atomic mass is 10.1. The monoisotopic (exact) mass is 269 g/mol. The zero-order valence-electron chi connectivity index (χ0n) is 10.4. The Balaban J connectivity index is 1.89. The largest absolute Gasteiger partial charge is 0.478 e. The Bertz CT molecular complexity index is 731. The first kappa shape index (κ1) is 12.2. The summed E-state index contributed by atoms with van der Waals surface area (Å²) in [6.07, 6.45) is 4.43. The van der Waals surface area contributed by atoms with Crippen LogP contribution in [0.2, 0.25) is 0 Å². The number of carbonyl (C=O) groups excluding carboxylic acids is 1. The highest BCUT2D eigenvalue weighted by molar-refractivity contribution is 5.99. The molecule has 1 aromatic heterocycles. The molecule has 0 radical (unpaired) electrons. The molecule has 0 fully saturated rings. The number of nitrogens with zero attached hydrogens (tertiary/aromatic N) is 1. The van der Waals surface area contributed by atoms with Crippen LogP contribution in [-0.2, 0) is 16.0 Å². The first-order valence-corrected chi connectivity index (χ1v) is 6.01. The number of imidazole rings is 1. The Morgan fingerprint density at radius 1 is 1.40 bits per heavy atom. The van der Waals surface area contributed by atoms with E-state index in [1.165, 1.54) is 6.08 Å². The molecule has 0 atom stereocenters. The van der Waals surface area contributed by atoms with Crippen molar-refractivity contribution in [2.24, 2.45) is 0 Å². The van der Waals surface area contributed by atoms with Crippen LogP contribution in [0.1, 0.15) is 11.4 Å². The summed E-state index contributed by atoms with van der Waals surface area (Å²) in [5, 5.41) is 11.3. The molecule has 20 heavy (non-hydrogen) atoms. The van der Waals surface area contributed by atoms with Crippen molar-refractivity contribution in [2.45, 2.75) is 6.42 Å². The number of rotatable bonds is 3. The fraction of sp³-hybridized carbons (Fsp3) is 0.0714. The molecule has 2 heterocycles. The van der Waals surface area contributed by atoms with Crippen molar-refractivity contribution in [3.05, 3.63) is 41.9 Å². The molecular formula is C14H11N3O3. The number of hydrogen-bond acceptors (Lipinski definition) is 3. The van der Waals surface area contributed by atoms with E-state index in [1.807, 2.05) is 18.2 Å². The first-order chi connectivity index (χ1) is 9.61. The van der Waals surface area contributed by atoms with Crippen molar-refractivity contribution in [3.8, 4) is 11.3 Å². The van der Waals surface area contributed by atoms with E-state index in [4.69, 9.17) is 5.11 Å². The topological polar surface area (TPSA) is 95.1 Å². The molecule has 1 amide bonds. The van der Waals surface area contributed by atoms with Gasteiger partial charge in [0.25, 0.3) is 0 Å². The second-order valence-electron chi connectivity index (χ2n) is 4.45. The molecule has 6 nitrogen and oxygen atoms in total. The second kappa shape index (κ2) is 4.65. The highest BCUT2D eigenvalue weighted by Crippen LogP contribution is 2.28. The number of hydrogen-bond donors (Lipinski definition) is 3. The summed E-state index contributed by atoms with van der Waals surface area (Å²) in [6.45, 7) is 0. The third-order valence-corrected chi connectivity index (χ3v) is 3.02. The molecule has 3 N–H and O–H groups in total. The fourth-order valence-corrected chi connectivity index (χ4v) is 2.12. The molecule has 0 bridgehead atoms. The van der Waals surface area contributed by atoms with Crippen LogP contribution < -0.4 is 5.32 Å². The van der Waals surface area contributed by atoms with Gasteiger partial charge in [0.1, 0.15) is 5.82 Å². The number of carbonyl (C=O) groups is 2. The van der Waals surface area contributed by atoms with Gasteiger partial charge in [-0.25, -0.2) is 9.78 Å². The number of anilines is 1. The molecule has 100 valence electrons. The van der Waals surface area contributed by atoms with Gasteiger partial charge in [0.15, 0.2) is 0 Å². The number of nitrogens with one attached hydrogen (secondary N) is 2. The van der Waals surface area contributed by atoms with Gasteiger partial charge in [-0.05, 0) is 29.3 Å². The standard InChI is InChI=1S/C14H11N3O3/c18-13-6-9-5-8(1-2-10(9)17-13)11-7-15-12(16-11)3-4-14(19)20/h1-5,7H,6H2,(H,15,16)(H,17,18)(H,19,20)/b4-3+. The maximum atomic E-state index is 11.3. The average Bonchev–Trinajstić information content (AvgIpc) is 3.00. The minimum atomic E-state index is -1.02. The van der Waals surface area contributed by atoms with Crippen molar-refractivity contribution in [3.63, 3.8) is 0 Å². The van der Waals surface area contributed by atoms with Gasteiger partial charge in [0.05, 0.1) is 18.3 Å². The summed E-state index contributed by atoms with van der Waals surface area (Å²) < 4.78 is 0. The molecule has 0 saturated carbocycles. The van der Waals surface area contributed by atoms with Gasteiger partial charge in [0.2, 0.25) is 5.91 Å². The zero-order valence-corrected chi connectivity index (χ0v) is 10.4. The summed E-state index contributed by atoms with van der Waals surface area (Å²) in [7, 11) is 0. The summed E-state index contributed by atoms with van der Waals surface area (Å²) >= 11 is 0. The summed E-state index contributed by atoms with van der Waals surface area (Å²) in [5.74, 6) is -0.561. The number of benzene rings is 1. The number of aliphatic carboxylic acids is 1. The molecule has 6 heteroatoms. The van der Waals surface area contributed by atoms with Crippen LogP contribution in [0, 0.1) is 0 Å². The van der Waals surface area contributed by atoms with Gasteiger partial charge in [0, 0.05) is 11.8 Å². The van der Waals surface area contributed by atoms with Crippen molar-refractivity contribution >= 4 is 23.6 Å². The van der Waals surface area contributed by atoms with E-state index in [0.717, 1.165) is 28.6 Å². The van der Waals surface area contributed by atoms with E-state index < -0.39 is 5.97 Å². The fourth-order valence-electron chi connectivity index (χ4n) is 2.12. The molecule has 0 unspecified atom stereocenters. The quantitative estimate of drug-likeness (QED) is 0.738. The van der Waals surface area contributed by atoms with Gasteiger partial charge in [-0.3, -0.25) is 4.79 Å². The molecule has 1 aromatic carbocycles. The van der Waals surface area contributed by atoms with Crippen LogP contribution in [-0.4, -0.2) is 27.0 Å². The molecule has 0 aliphatic carbocycles. The van der Waals surface area contributed by atoms with Gasteiger partial charge >= 0.3 is 5.97 Å². The lowest BCUT2D eigenvalue weighted by molar-refractivity contribution is -0.131. The van der Waals surface area contributed by atoms with Gasteiger partial charge in [-0.2, -0.15) is 0 Å². The van der Waals surface area contributed by atoms with E-state index >= 15 is 0 Å². The Labute approximate surface area is 114 Å². The van der Waals surface area contributed by atoms with E-state index in [1.54, 1.807) is 6.20 Å². The van der Waals surface area contributed by atoms with Crippen molar-refractivity contribution in [2.75, 3.05) is 5.32 Å². The highest BCUT2D eigenvalue weighted by atomic mass is 16.4. The molecule has 0 spiro atoms. The number of amides is 1. The van der Waals surface area contributed by atoms with E-state index in [0.29, 0.717) is 12.2 Å². The minimum Gasteiger partial charge on any atom is -0.478 e. The Morgan fingerprint density at radius 2 is 2.25 bits per heavy atom. The van der Waals surface area contributed by atoms with Gasteiger partial charge in [-0.15, -0.1) is 0 Å². The maximum Gasteiger partial charge on any atom is 0.328 e. The van der Waals surface area contributed by atoms with E-state index in [9.17, 15) is 9.59 Å². The van der Waals surface area contributed by atoms with Crippen molar-refractivity contribution in [1.82, 2.24) is 9.97 Å². The lowest BCUT2D eigenvalue weighted by Crippen LogP contribution is -2.03. The Hall–Kier alpha value is -2.89. The van der Waals surface area contributed by atoms with Gasteiger partial charge in [-0.1, -0.05) is 6.07 Å². The van der Waals surface area contributed by atoms with Crippen LogP contribution in [0.5, 0.6) is 0 Å². The van der Waals surface area contributed by atoms with Crippen LogP contribution in [0.4, 0.5) is 5.69 Å². The molecule has 2 aromatic rings. The first-order valence-electron chi connectivity index (χ1n) is 6.01. The van der Waals surface area contributed by atoms with Crippen molar-refractivity contribution < 1.29 is 14.7 Å². The number of carboxylic acids is 1. The average molecular weight is 269 g/mol. The summed E-state index contributed by atoms with van der Waals surface area (Å²) in [6, 6.07) is 5.65. The minimum absolute atomic E-state index is 0.00755. The third-order valence-electron chi connectivity index (χ3n) is 3.02. The van der Waals surface area contributed by atoms with Crippen LogP contribution in [0.25, 0.3) is 17.3 Å². The number of aromatic amines is 1. The maximum absolute atomic E-state index is 11.3. The lowest BCUT2D eigenvalue weighted by Gasteiger charge is -2.01. The van der Waals surface area contributed by atoms with Crippen LogP contribution >= 0.6 is 0 Å². The molecule has 3 rings (SSSR count). The predicted octanol–water partition coefficient (Wildman–Crippen LogP) is 1.67. The van der Waals surface area contributed by atoms with Crippen molar-refractivity contribution in [1.29, 1.82) is 0 Å². The highest BCUT2D eigenvalue weighted by Gasteiger charge is 2.18. The molecular weight excluding hydrogens is 258 g/mol. The number of H-pyrrole nitrogens is 1. The molecule has 0 saturated heterocycles. The Kier molecular flexibility index (Phi) is 2.83. The van der Waals surface area contributed by atoms with E-state index in [-0.39, 0.29) is 5.91 Å². The van der Waals surface area contributed by atoms with Crippen LogP contribution in [0.3, 0.4) is 0 Å². The van der Waals surface area contributed by atoms with Gasteiger partial charge < -0.3 is 15.4 Å². The molecule has 1 aliphatic heterocycles. The number of aromatic nitrogens is 2. The zero-order chi connectivity index (χ0) is 14.1. The smallest absolute Gasteiger partial charge is 0.328 e. The second-order valence-corrected chi connectivity index (χ2v) is 4.45. The SMILES string of the molecule is O=C(O)/C=C/c1ncc(-c2ccc3c(c2)CC(=O)N3)[nH]1. The normalized spacial score (nSPS) is 13.5. The predicted molar refractivity (Wildman–Crippen MR) is 73.0 cm³/mol. The summed E-state index contributed by atoms with van der Waals surface area (Å²) in [5.41, 5.74) is 3.47. The number of carboxylic acid groups (broad SMARTS) is 1. The Morgan fingerprint density at radius 3 is 3.05 bits per heavy atom. The summed E-state index contributed by atoms with van der Waals surface area (Å²) in [4.78, 5) is 28.9. The third kappa shape index (κ3) is 2.31. The number of fused-ring (bicyclic) bond motifs is 1. The van der Waals surface area contributed by atoms with Crippen LogP contribution in [0.15, 0.2) is 30.5 Å².